The molecule has 0 bridgehead atoms. The van der Waals surface area contributed by atoms with Crippen LogP contribution in [-0.2, 0) is 4.79 Å². The highest BCUT2D eigenvalue weighted by Crippen LogP contribution is 2.19. The van der Waals surface area contributed by atoms with E-state index in [4.69, 9.17) is 5.11 Å². The first-order chi connectivity index (χ1) is 9.92. The molecule has 0 radical (unpaired) electrons. The first kappa shape index (κ1) is 17.0. The zero-order chi connectivity index (χ0) is 16.0. The van der Waals surface area contributed by atoms with Crippen LogP contribution in [0.2, 0.25) is 0 Å². The summed E-state index contributed by atoms with van der Waals surface area (Å²) in [7, 11) is 0. The van der Waals surface area contributed by atoms with Gasteiger partial charge in [0.25, 0.3) is 5.91 Å². The van der Waals surface area contributed by atoms with Crippen molar-refractivity contribution in [3.8, 4) is 0 Å². The van der Waals surface area contributed by atoms with E-state index >= 15 is 0 Å². The Hall–Kier alpha value is -2.10. The molecule has 4 nitrogen and oxygen atoms in total. The predicted octanol–water partition coefficient (Wildman–Crippen LogP) is 3.35. The Morgan fingerprint density at radius 3 is 2.52 bits per heavy atom. The van der Waals surface area contributed by atoms with Gasteiger partial charge in [-0.15, -0.1) is 0 Å². The van der Waals surface area contributed by atoms with Crippen LogP contribution in [0, 0.1) is 6.92 Å². The number of rotatable bonds is 6. The molecule has 0 saturated carbocycles. The second kappa shape index (κ2) is 7.62. The van der Waals surface area contributed by atoms with Crippen LogP contribution in [0.25, 0.3) is 6.08 Å². The Morgan fingerprint density at radius 2 is 2.00 bits per heavy atom. The molecule has 1 N–H and O–H groups in total. The van der Waals surface area contributed by atoms with Gasteiger partial charge in [-0.1, -0.05) is 19.1 Å². The second-order valence-corrected chi connectivity index (χ2v) is 5.04. The van der Waals surface area contributed by atoms with Crippen molar-refractivity contribution in [1.82, 2.24) is 4.90 Å². The summed E-state index contributed by atoms with van der Waals surface area (Å²) >= 11 is 0. The van der Waals surface area contributed by atoms with Crippen molar-refractivity contribution in [2.45, 2.75) is 40.2 Å². The van der Waals surface area contributed by atoms with E-state index in [1.807, 2.05) is 31.7 Å². The van der Waals surface area contributed by atoms with Crippen LogP contribution < -0.4 is 0 Å². The van der Waals surface area contributed by atoms with Gasteiger partial charge in [-0.05, 0) is 50.5 Å². The molecule has 1 aromatic carbocycles. The highest BCUT2D eigenvalue weighted by atomic mass is 16.4. The molecule has 0 aromatic heterocycles. The fraction of sp³-hybridized carbons (Fsp3) is 0.412. The minimum absolute atomic E-state index is 0.00470. The molecule has 0 heterocycles. The molecule has 1 unspecified atom stereocenters. The van der Waals surface area contributed by atoms with E-state index in [2.05, 4.69) is 6.92 Å². The summed E-state index contributed by atoms with van der Waals surface area (Å²) in [6.07, 6.45) is 3.51. The molecule has 1 amide bonds. The van der Waals surface area contributed by atoms with Crippen molar-refractivity contribution < 1.29 is 14.7 Å². The fourth-order valence-corrected chi connectivity index (χ4v) is 2.26. The molecule has 21 heavy (non-hydrogen) atoms. The van der Waals surface area contributed by atoms with Gasteiger partial charge in [0, 0.05) is 24.2 Å². The van der Waals surface area contributed by atoms with Crippen LogP contribution in [0.4, 0.5) is 0 Å². The summed E-state index contributed by atoms with van der Waals surface area (Å²) < 4.78 is 0. The molecule has 0 spiro atoms. The third kappa shape index (κ3) is 4.18. The van der Waals surface area contributed by atoms with E-state index in [0.29, 0.717) is 12.1 Å². The van der Waals surface area contributed by atoms with Crippen LogP contribution in [-0.4, -0.2) is 34.5 Å². The summed E-state index contributed by atoms with van der Waals surface area (Å²) in [5.74, 6) is -1.00. The summed E-state index contributed by atoms with van der Waals surface area (Å²) in [6.45, 7) is 8.56. The van der Waals surface area contributed by atoms with Gasteiger partial charge in [-0.3, -0.25) is 4.79 Å². The van der Waals surface area contributed by atoms with Gasteiger partial charge >= 0.3 is 5.97 Å². The maximum absolute atomic E-state index is 12.7. The molecule has 0 aliphatic carbocycles. The number of benzene rings is 1. The summed E-state index contributed by atoms with van der Waals surface area (Å²) in [5.41, 5.74) is 2.19. The number of hydrogen-bond donors (Lipinski definition) is 1. The summed E-state index contributed by atoms with van der Waals surface area (Å²) in [5, 5.41) is 8.71. The first-order valence-electron chi connectivity index (χ1n) is 7.23. The largest absolute Gasteiger partial charge is 0.478 e. The molecular weight excluding hydrogens is 266 g/mol. The van der Waals surface area contributed by atoms with Crippen molar-refractivity contribution >= 4 is 18.0 Å². The van der Waals surface area contributed by atoms with Gasteiger partial charge in [0.15, 0.2) is 0 Å². The molecule has 114 valence electrons. The SMILES string of the molecule is CCC(C)N(CC)C(=O)c1cccc(C=CC(=O)O)c1C. The van der Waals surface area contributed by atoms with Crippen molar-refractivity contribution in [3.05, 3.63) is 41.0 Å². The Labute approximate surface area is 126 Å². The maximum Gasteiger partial charge on any atom is 0.328 e. The van der Waals surface area contributed by atoms with Crippen LogP contribution in [0.15, 0.2) is 24.3 Å². The smallest absolute Gasteiger partial charge is 0.328 e. The second-order valence-electron chi connectivity index (χ2n) is 5.04. The molecule has 0 aliphatic heterocycles. The van der Waals surface area contributed by atoms with Crippen molar-refractivity contribution in [2.24, 2.45) is 0 Å². The van der Waals surface area contributed by atoms with Gasteiger partial charge < -0.3 is 10.0 Å². The fourth-order valence-electron chi connectivity index (χ4n) is 2.26. The zero-order valence-corrected chi connectivity index (χ0v) is 13.1. The Balaban J connectivity index is 3.16. The van der Waals surface area contributed by atoms with Crippen molar-refractivity contribution in [3.63, 3.8) is 0 Å². The molecule has 0 fully saturated rings. The number of nitrogens with zero attached hydrogens (tertiary/aromatic N) is 1. The summed E-state index contributed by atoms with van der Waals surface area (Å²) in [4.78, 5) is 25.1. The lowest BCUT2D eigenvalue weighted by Gasteiger charge is -2.28. The standard InChI is InChI=1S/C17H23NO3/c1-5-12(3)18(6-2)17(21)15-9-7-8-14(13(15)4)10-11-16(19)20/h7-12H,5-6H2,1-4H3,(H,19,20). The van der Waals surface area contributed by atoms with Crippen molar-refractivity contribution in [1.29, 1.82) is 0 Å². The number of carbonyl (C=O) groups is 2. The Bertz CT molecular complexity index is 549. The van der Waals surface area contributed by atoms with Gasteiger partial charge in [0.2, 0.25) is 0 Å². The third-order valence-electron chi connectivity index (χ3n) is 3.74. The van der Waals surface area contributed by atoms with Crippen LogP contribution in [0.5, 0.6) is 0 Å². The normalized spacial score (nSPS) is 12.4. The summed E-state index contributed by atoms with van der Waals surface area (Å²) in [6, 6.07) is 5.57. The van der Waals surface area contributed by atoms with Crippen LogP contribution in [0.1, 0.15) is 48.7 Å². The van der Waals surface area contributed by atoms with E-state index < -0.39 is 5.97 Å². The van der Waals surface area contributed by atoms with E-state index in [0.717, 1.165) is 23.6 Å². The van der Waals surface area contributed by atoms with Gasteiger partial charge in [-0.25, -0.2) is 4.79 Å². The monoisotopic (exact) mass is 289 g/mol. The minimum atomic E-state index is -0.999. The lowest BCUT2D eigenvalue weighted by molar-refractivity contribution is -0.131. The van der Waals surface area contributed by atoms with E-state index in [1.165, 1.54) is 6.08 Å². The first-order valence-corrected chi connectivity index (χ1v) is 7.23. The van der Waals surface area contributed by atoms with Gasteiger partial charge in [0.1, 0.15) is 0 Å². The lowest BCUT2D eigenvalue weighted by atomic mass is 10.00. The third-order valence-corrected chi connectivity index (χ3v) is 3.74. The predicted molar refractivity (Wildman–Crippen MR) is 84.3 cm³/mol. The number of carboxylic acids is 1. The quantitative estimate of drug-likeness (QED) is 0.817. The highest BCUT2D eigenvalue weighted by molar-refractivity contribution is 5.97. The Kier molecular flexibility index (Phi) is 6.15. The molecule has 0 aliphatic rings. The number of carboxylic acid groups (broad SMARTS) is 1. The molecule has 1 atom stereocenters. The van der Waals surface area contributed by atoms with Crippen LogP contribution in [0.3, 0.4) is 0 Å². The van der Waals surface area contributed by atoms with E-state index in [9.17, 15) is 9.59 Å². The van der Waals surface area contributed by atoms with Crippen molar-refractivity contribution in [2.75, 3.05) is 6.54 Å². The topological polar surface area (TPSA) is 57.6 Å². The lowest BCUT2D eigenvalue weighted by Crippen LogP contribution is -2.38. The molecule has 1 rings (SSSR count). The average molecular weight is 289 g/mol. The number of amides is 1. The number of carbonyl (C=O) groups excluding carboxylic acids is 1. The van der Waals surface area contributed by atoms with Gasteiger partial charge in [-0.2, -0.15) is 0 Å². The average Bonchev–Trinajstić information content (AvgIpc) is 2.46. The number of hydrogen-bond acceptors (Lipinski definition) is 2. The highest BCUT2D eigenvalue weighted by Gasteiger charge is 2.20. The molecular formula is C17H23NO3. The minimum Gasteiger partial charge on any atom is -0.478 e. The maximum atomic E-state index is 12.7. The Morgan fingerprint density at radius 1 is 1.33 bits per heavy atom. The van der Waals surface area contributed by atoms with E-state index in [-0.39, 0.29) is 11.9 Å². The number of aliphatic carboxylic acids is 1. The molecule has 4 heteroatoms. The molecule has 0 saturated heterocycles. The molecule has 1 aromatic rings. The van der Waals surface area contributed by atoms with E-state index in [1.54, 1.807) is 12.1 Å². The van der Waals surface area contributed by atoms with Crippen LogP contribution >= 0.6 is 0 Å². The zero-order valence-electron chi connectivity index (χ0n) is 13.1. The van der Waals surface area contributed by atoms with Gasteiger partial charge in [0.05, 0.1) is 0 Å².